The molecule has 7 heteroatoms. The van der Waals surface area contributed by atoms with Crippen molar-refractivity contribution in [3.8, 4) is 0 Å². The number of benzene rings is 2. The van der Waals surface area contributed by atoms with Gasteiger partial charge < -0.3 is 20.3 Å². The summed E-state index contributed by atoms with van der Waals surface area (Å²) >= 11 is 0. The van der Waals surface area contributed by atoms with Crippen LogP contribution in [0, 0.1) is 0 Å². The van der Waals surface area contributed by atoms with E-state index in [1.807, 2.05) is 35.2 Å². The van der Waals surface area contributed by atoms with Crippen LogP contribution in [0.15, 0.2) is 65.7 Å². The highest BCUT2D eigenvalue weighted by molar-refractivity contribution is 14.0. The maximum atomic E-state index is 12.5. The SMILES string of the molecule is CN=C(NCC1(c2ccccc2)CCOCC1)NC1CC(=O)N(c2ccccc2)C1.I. The monoisotopic (exact) mass is 534 g/mol. The predicted octanol–water partition coefficient (Wildman–Crippen LogP) is 3.32. The number of nitrogens with zero attached hydrogens (tertiary/aromatic N) is 2. The number of ether oxygens (including phenoxy) is 1. The Morgan fingerprint density at radius 1 is 1.10 bits per heavy atom. The highest BCUT2D eigenvalue weighted by Crippen LogP contribution is 2.34. The first-order chi connectivity index (χ1) is 14.7. The Morgan fingerprint density at radius 3 is 2.39 bits per heavy atom. The van der Waals surface area contributed by atoms with Crippen molar-refractivity contribution >= 4 is 41.5 Å². The number of hydrogen-bond acceptors (Lipinski definition) is 3. The van der Waals surface area contributed by atoms with Crippen LogP contribution in [-0.2, 0) is 14.9 Å². The third kappa shape index (κ3) is 5.57. The maximum absolute atomic E-state index is 12.5. The molecule has 0 aliphatic carbocycles. The lowest BCUT2D eigenvalue weighted by Crippen LogP contribution is -2.50. The van der Waals surface area contributed by atoms with E-state index in [-0.39, 0.29) is 41.3 Å². The number of guanidine groups is 1. The molecule has 4 rings (SSSR count). The van der Waals surface area contributed by atoms with Crippen molar-refractivity contribution in [3.05, 3.63) is 66.2 Å². The van der Waals surface area contributed by atoms with Crippen LogP contribution in [0.25, 0.3) is 0 Å². The van der Waals surface area contributed by atoms with Crippen molar-refractivity contribution < 1.29 is 9.53 Å². The number of nitrogens with one attached hydrogen (secondary N) is 2. The highest BCUT2D eigenvalue weighted by atomic mass is 127. The third-order valence-electron chi connectivity index (χ3n) is 6.19. The number of anilines is 1. The molecule has 1 atom stereocenters. The molecule has 0 aromatic heterocycles. The van der Waals surface area contributed by atoms with Crippen molar-refractivity contribution in [2.45, 2.75) is 30.7 Å². The molecule has 1 amide bonds. The minimum Gasteiger partial charge on any atom is -0.381 e. The lowest BCUT2D eigenvalue weighted by atomic mass is 9.74. The smallest absolute Gasteiger partial charge is 0.229 e. The van der Waals surface area contributed by atoms with Gasteiger partial charge in [-0.15, -0.1) is 24.0 Å². The number of carbonyl (C=O) groups excluding carboxylic acids is 1. The van der Waals surface area contributed by atoms with Gasteiger partial charge in [0.15, 0.2) is 5.96 Å². The summed E-state index contributed by atoms with van der Waals surface area (Å²) in [5.74, 6) is 0.879. The van der Waals surface area contributed by atoms with Crippen molar-refractivity contribution in [3.63, 3.8) is 0 Å². The van der Waals surface area contributed by atoms with Crippen molar-refractivity contribution in [2.24, 2.45) is 4.99 Å². The molecule has 2 aliphatic rings. The molecule has 2 aliphatic heterocycles. The zero-order valence-electron chi connectivity index (χ0n) is 17.9. The number of aliphatic imine (C=N–C) groups is 1. The van der Waals surface area contributed by atoms with E-state index >= 15 is 0 Å². The summed E-state index contributed by atoms with van der Waals surface area (Å²) in [6.45, 7) is 2.96. The van der Waals surface area contributed by atoms with Crippen LogP contribution in [0.4, 0.5) is 5.69 Å². The van der Waals surface area contributed by atoms with E-state index in [1.165, 1.54) is 5.56 Å². The molecule has 0 radical (unpaired) electrons. The molecule has 166 valence electrons. The number of hydrogen-bond donors (Lipinski definition) is 2. The lowest BCUT2D eigenvalue weighted by Gasteiger charge is -2.38. The summed E-state index contributed by atoms with van der Waals surface area (Å²) in [4.78, 5) is 18.8. The Morgan fingerprint density at radius 2 is 1.74 bits per heavy atom. The average molecular weight is 534 g/mol. The molecule has 2 fully saturated rings. The fraction of sp³-hybridized carbons (Fsp3) is 0.417. The molecule has 2 N–H and O–H groups in total. The molecular weight excluding hydrogens is 503 g/mol. The molecule has 1 unspecified atom stereocenters. The number of rotatable bonds is 5. The van der Waals surface area contributed by atoms with E-state index in [0.29, 0.717) is 13.0 Å². The van der Waals surface area contributed by atoms with Gasteiger partial charge in [0, 0.05) is 50.9 Å². The van der Waals surface area contributed by atoms with Crippen molar-refractivity contribution in [1.29, 1.82) is 0 Å². The number of para-hydroxylation sites is 1. The third-order valence-corrected chi connectivity index (χ3v) is 6.19. The maximum Gasteiger partial charge on any atom is 0.229 e. The van der Waals surface area contributed by atoms with Crippen LogP contribution >= 0.6 is 24.0 Å². The Kier molecular flexibility index (Phi) is 8.31. The topological polar surface area (TPSA) is 66.0 Å². The Labute approximate surface area is 201 Å². The van der Waals surface area contributed by atoms with Gasteiger partial charge in [0.05, 0.1) is 6.04 Å². The van der Waals surface area contributed by atoms with Gasteiger partial charge in [-0.05, 0) is 30.5 Å². The second kappa shape index (κ2) is 10.9. The minimum atomic E-state index is 0. The molecule has 2 aromatic rings. The van der Waals surface area contributed by atoms with Gasteiger partial charge in [0.1, 0.15) is 0 Å². The summed E-state index contributed by atoms with van der Waals surface area (Å²) < 4.78 is 5.64. The number of carbonyl (C=O) groups is 1. The van der Waals surface area contributed by atoms with E-state index < -0.39 is 0 Å². The molecule has 0 spiro atoms. The summed E-state index contributed by atoms with van der Waals surface area (Å²) in [6, 6.07) is 20.5. The van der Waals surface area contributed by atoms with Gasteiger partial charge in [-0.3, -0.25) is 9.79 Å². The highest BCUT2D eigenvalue weighted by Gasteiger charge is 2.35. The Hall–Kier alpha value is -2.13. The first-order valence-electron chi connectivity index (χ1n) is 10.7. The molecule has 2 saturated heterocycles. The van der Waals surface area contributed by atoms with Gasteiger partial charge in [-0.2, -0.15) is 0 Å². The summed E-state index contributed by atoms with van der Waals surface area (Å²) in [5.41, 5.74) is 2.31. The van der Waals surface area contributed by atoms with Gasteiger partial charge >= 0.3 is 0 Å². The van der Waals surface area contributed by atoms with Crippen LogP contribution < -0.4 is 15.5 Å². The van der Waals surface area contributed by atoms with E-state index in [0.717, 1.165) is 44.2 Å². The van der Waals surface area contributed by atoms with E-state index in [2.05, 4.69) is 46.0 Å². The quantitative estimate of drug-likeness (QED) is 0.351. The van der Waals surface area contributed by atoms with Gasteiger partial charge in [0.25, 0.3) is 0 Å². The fourth-order valence-electron chi connectivity index (χ4n) is 4.42. The predicted molar refractivity (Wildman–Crippen MR) is 135 cm³/mol. The average Bonchev–Trinajstić information content (AvgIpc) is 3.18. The molecule has 6 nitrogen and oxygen atoms in total. The zero-order chi connectivity index (χ0) is 20.8. The molecule has 0 bridgehead atoms. The Bertz CT molecular complexity index is 870. The number of amides is 1. The van der Waals surface area contributed by atoms with Gasteiger partial charge in [-0.25, -0.2) is 0 Å². The lowest BCUT2D eigenvalue weighted by molar-refractivity contribution is -0.117. The molecule has 2 heterocycles. The normalized spacial score (nSPS) is 20.8. The van der Waals surface area contributed by atoms with Crippen LogP contribution in [0.1, 0.15) is 24.8 Å². The summed E-state index contributed by atoms with van der Waals surface area (Å²) in [5, 5.41) is 6.98. The first kappa shape index (κ1) is 23.5. The van der Waals surface area contributed by atoms with Crippen LogP contribution in [0.5, 0.6) is 0 Å². The van der Waals surface area contributed by atoms with Crippen molar-refractivity contribution in [1.82, 2.24) is 10.6 Å². The first-order valence-corrected chi connectivity index (χ1v) is 10.7. The van der Waals surface area contributed by atoms with Crippen LogP contribution in [0.2, 0.25) is 0 Å². The van der Waals surface area contributed by atoms with Crippen LogP contribution in [0.3, 0.4) is 0 Å². The number of halogens is 1. The van der Waals surface area contributed by atoms with Crippen LogP contribution in [-0.4, -0.2) is 51.3 Å². The summed E-state index contributed by atoms with van der Waals surface area (Å²) in [6.07, 6.45) is 2.42. The molecule has 2 aromatic carbocycles. The van der Waals surface area contributed by atoms with E-state index in [9.17, 15) is 4.79 Å². The van der Waals surface area contributed by atoms with Gasteiger partial charge in [-0.1, -0.05) is 48.5 Å². The second-order valence-electron chi connectivity index (χ2n) is 8.07. The second-order valence-corrected chi connectivity index (χ2v) is 8.07. The molecular formula is C24H31IN4O2. The van der Waals surface area contributed by atoms with Crippen molar-refractivity contribution in [2.75, 3.05) is 38.3 Å². The molecule has 31 heavy (non-hydrogen) atoms. The molecule has 0 saturated carbocycles. The standard InChI is InChI=1S/C24H30N4O2.HI/c1-25-23(27-20-16-22(29)28(17-20)21-10-6-3-7-11-21)26-18-24(12-14-30-15-13-24)19-8-4-2-5-9-19;/h2-11,20H,12-18H2,1H3,(H2,25,26,27);1H. The minimum absolute atomic E-state index is 0. The van der Waals surface area contributed by atoms with E-state index in [4.69, 9.17) is 4.74 Å². The Balaban J connectivity index is 0.00000272. The van der Waals surface area contributed by atoms with E-state index in [1.54, 1.807) is 7.05 Å². The zero-order valence-corrected chi connectivity index (χ0v) is 20.3. The summed E-state index contributed by atoms with van der Waals surface area (Å²) in [7, 11) is 1.78. The van der Waals surface area contributed by atoms with Gasteiger partial charge in [0.2, 0.25) is 5.91 Å². The largest absolute Gasteiger partial charge is 0.381 e. The fourth-order valence-corrected chi connectivity index (χ4v) is 4.42.